The third-order valence-electron chi connectivity index (χ3n) is 4.25. The molecule has 0 saturated heterocycles. The van der Waals surface area contributed by atoms with Crippen LogP contribution in [0.2, 0.25) is 0 Å². The zero-order valence-electron chi connectivity index (χ0n) is 14.0. The summed E-state index contributed by atoms with van der Waals surface area (Å²) in [6.45, 7) is 0. The maximum Gasteiger partial charge on any atom is 0.263 e. The number of benzene rings is 1. The van der Waals surface area contributed by atoms with Gasteiger partial charge in [-0.15, -0.1) is 23.7 Å². The van der Waals surface area contributed by atoms with Crippen LogP contribution in [0.1, 0.15) is 32.1 Å². The Bertz CT molecular complexity index is 850. The molecule has 1 aliphatic rings. The number of amides is 1. The fourth-order valence-electron chi connectivity index (χ4n) is 2.85. The minimum Gasteiger partial charge on any atom is -0.324 e. The lowest BCUT2D eigenvalue weighted by Gasteiger charge is -2.31. The fourth-order valence-corrected chi connectivity index (χ4v) is 4.69. The molecule has 1 aromatic heterocycles. The zero-order chi connectivity index (χ0) is 17.9. The molecule has 0 aliphatic heterocycles. The summed E-state index contributed by atoms with van der Waals surface area (Å²) in [5, 5.41) is 4.72. The van der Waals surface area contributed by atoms with Crippen LogP contribution in [-0.4, -0.2) is 24.8 Å². The Hall–Kier alpha value is -1.68. The first-order valence-corrected chi connectivity index (χ1v) is 10.4. The highest BCUT2D eigenvalue weighted by atomic mass is 35.5. The summed E-state index contributed by atoms with van der Waals surface area (Å²) in [7, 11) is -3.77. The molecule has 1 heterocycles. The number of nitrogens with two attached hydrogens (primary N) is 1. The Morgan fingerprint density at radius 3 is 2.62 bits per heavy atom. The van der Waals surface area contributed by atoms with E-state index in [-0.39, 0.29) is 28.3 Å². The third-order valence-corrected chi connectivity index (χ3v) is 6.41. The molecule has 0 unspecified atom stereocenters. The quantitative estimate of drug-likeness (QED) is 0.693. The number of anilines is 2. The Balaban J connectivity index is 0.00000243. The van der Waals surface area contributed by atoms with Crippen LogP contribution < -0.4 is 15.8 Å². The van der Waals surface area contributed by atoms with Gasteiger partial charge in [0, 0.05) is 17.3 Å². The van der Waals surface area contributed by atoms with Crippen molar-refractivity contribution in [1.82, 2.24) is 4.98 Å². The van der Waals surface area contributed by atoms with E-state index in [1.807, 2.05) is 0 Å². The Kier molecular flexibility index (Phi) is 6.62. The number of rotatable bonds is 5. The number of nitrogens with one attached hydrogen (secondary N) is 2. The van der Waals surface area contributed by atoms with E-state index in [1.165, 1.54) is 29.7 Å². The van der Waals surface area contributed by atoms with E-state index in [0.29, 0.717) is 18.5 Å². The Morgan fingerprint density at radius 2 is 1.96 bits per heavy atom. The molecule has 1 amide bonds. The van der Waals surface area contributed by atoms with Gasteiger partial charge in [0.1, 0.15) is 0 Å². The van der Waals surface area contributed by atoms with E-state index in [9.17, 15) is 13.2 Å². The smallest absolute Gasteiger partial charge is 0.263 e. The second kappa shape index (κ2) is 8.34. The summed E-state index contributed by atoms with van der Waals surface area (Å²) in [6, 6.07) is 6.10. The van der Waals surface area contributed by atoms with Crippen molar-refractivity contribution in [2.24, 2.45) is 5.73 Å². The minimum atomic E-state index is -3.77. The van der Waals surface area contributed by atoms with Crippen LogP contribution in [0.15, 0.2) is 40.7 Å². The Labute approximate surface area is 162 Å². The van der Waals surface area contributed by atoms with E-state index in [4.69, 9.17) is 5.73 Å². The average Bonchev–Trinajstić information content (AvgIpc) is 3.08. The van der Waals surface area contributed by atoms with E-state index in [0.717, 1.165) is 19.3 Å². The van der Waals surface area contributed by atoms with Crippen molar-refractivity contribution in [1.29, 1.82) is 0 Å². The van der Waals surface area contributed by atoms with Crippen LogP contribution in [0.5, 0.6) is 0 Å². The molecule has 7 nitrogen and oxygen atoms in total. The average molecular weight is 417 g/mol. The fraction of sp³-hybridized carbons (Fsp3) is 0.375. The van der Waals surface area contributed by atoms with E-state index < -0.39 is 15.6 Å². The molecule has 3 rings (SSSR count). The van der Waals surface area contributed by atoms with E-state index >= 15 is 0 Å². The SMILES string of the molecule is Cl.NC1(C(=O)Nc2cccc(S(=O)(=O)Nc3nccs3)c2)CCCCC1. The monoisotopic (exact) mass is 416 g/mol. The minimum absolute atomic E-state index is 0. The molecule has 4 N–H and O–H groups in total. The largest absolute Gasteiger partial charge is 0.324 e. The summed E-state index contributed by atoms with van der Waals surface area (Å²) < 4.78 is 27.2. The van der Waals surface area contributed by atoms with Crippen molar-refractivity contribution in [2.75, 3.05) is 10.0 Å². The van der Waals surface area contributed by atoms with Crippen LogP contribution in [0, 0.1) is 0 Å². The predicted octanol–water partition coefficient (Wildman–Crippen LogP) is 2.97. The molecule has 142 valence electrons. The molecule has 1 aromatic carbocycles. The number of hydrogen-bond donors (Lipinski definition) is 3. The summed E-state index contributed by atoms with van der Waals surface area (Å²) in [4.78, 5) is 16.5. The summed E-state index contributed by atoms with van der Waals surface area (Å²) in [5.41, 5.74) is 5.74. The second-order valence-corrected chi connectivity index (χ2v) is 8.72. The van der Waals surface area contributed by atoms with Gasteiger partial charge in [0.05, 0.1) is 10.4 Å². The maximum absolute atomic E-state index is 12.5. The molecule has 0 spiro atoms. The molecular weight excluding hydrogens is 396 g/mol. The number of carbonyl (C=O) groups is 1. The normalized spacial score (nSPS) is 16.3. The molecule has 1 fully saturated rings. The second-order valence-electron chi connectivity index (χ2n) is 6.14. The first-order valence-electron chi connectivity index (χ1n) is 8.02. The number of halogens is 1. The van der Waals surface area contributed by atoms with Crippen molar-refractivity contribution >= 4 is 50.5 Å². The van der Waals surface area contributed by atoms with Crippen LogP contribution >= 0.6 is 23.7 Å². The molecule has 10 heteroatoms. The number of carbonyl (C=O) groups excluding carboxylic acids is 1. The van der Waals surface area contributed by atoms with Gasteiger partial charge in [-0.1, -0.05) is 25.3 Å². The highest BCUT2D eigenvalue weighted by molar-refractivity contribution is 7.93. The zero-order valence-corrected chi connectivity index (χ0v) is 16.4. The highest BCUT2D eigenvalue weighted by Crippen LogP contribution is 2.28. The van der Waals surface area contributed by atoms with Crippen molar-refractivity contribution < 1.29 is 13.2 Å². The molecular formula is C16H21ClN4O3S2. The number of sulfonamides is 1. The Morgan fingerprint density at radius 1 is 1.23 bits per heavy atom. The molecule has 1 saturated carbocycles. The van der Waals surface area contributed by atoms with Crippen molar-refractivity contribution in [3.8, 4) is 0 Å². The van der Waals surface area contributed by atoms with Gasteiger partial charge in [0.2, 0.25) is 5.91 Å². The molecule has 0 radical (unpaired) electrons. The maximum atomic E-state index is 12.5. The van der Waals surface area contributed by atoms with Crippen molar-refractivity contribution in [2.45, 2.75) is 42.5 Å². The standard InChI is InChI=1S/C16H20N4O3S2.ClH/c17-16(7-2-1-3-8-16)14(21)19-12-5-4-6-13(11-12)25(22,23)20-15-18-9-10-24-15;/h4-6,9-11H,1-3,7-8,17H2,(H,18,20)(H,19,21);1H. The number of aromatic nitrogens is 1. The summed E-state index contributed by atoms with van der Waals surface area (Å²) >= 11 is 1.19. The van der Waals surface area contributed by atoms with Gasteiger partial charge in [0.25, 0.3) is 10.0 Å². The van der Waals surface area contributed by atoms with E-state index in [1.54, 1.807) is 17.5 Å². The first kappa shape index (κ1) is 20.6. The molecule has 1 aliphatic carbocycles. The molecule has 26 heavy (non-hydrogen) atoms. The summed E-state index contributed by atoms with van der Waals surface area (Å²) in [5.74, 6) is -0.269. The van der Waals surface area contributed by atoms with Gasteiger partial charge in [-0.25, -0.2) is 13.4 Å². The van der Waals surface area contributed by atoms with Gasteiger partial charge in [-0.2, -0.15) is 0 Å². The van der Waals surface area contributed by atoms with Gasteiger partial charge >= 0.3 is 0 Å². The van der Waals surface area contributed by atoms with Crippen LogP contribution in [0.3, 0.4) is 0 Å². The highest BCUT2D eigenvalue weighted by Gasteiger charge is 2.35. The number of hydrogen-bond acceptors (Lipinski definition) is 6. The predicted molar refractivity (Wildman–Crippen MR) is 105 cm³/mol. The number of thiazole rings is 1. The third kappa shape index (κ3) is 4.73. The lowest BCUT2D eigenvalue weighted by Crippen LogP contribution is -2.52. The first-order chi connectivity index (χ1) is 11.9. The van der Waals surface area contributed by atoms with Crippen LogP contribution in [0.4, 0.5) is 10.8 Å². The van der Waals surface area contributed by atoms with Gasteiger partial charge < -0.3 is 11.1 Å². The molecule has 0 bridgehead atoms. The van der Waals surface area contributed by atoms with E-state index in [2.05, 4.69) is 15.0 Å². The molecule has 2 aromatic rings. The summed E-state index contributed by atoms with van der Waals surface area (Å²) in [6.07, 6.45) is 5.74. The van der Waals surface area contributed by atoms with Crippen LogP contribution in [-0.2, 0) is 14.8 Å². The van der Waals surface area contributed by atoms with Gasteiger partial charge in [0.15, 0.2) is 5.13 Å². The lowest BCUT2D eigenvalue weighted by molar-refractivity contribution is -0.122. The van der Waals surface area contributed by atoms with Crippen molar-refractivity contribution in [3.63, 3.8) is 0 Å². The van der Waals surface area contributed by atoms with Gasteiger partial charge in [-0.05, 0) is 31.0 Å². The number of nitrogens with zero attached hydrogens (tertiary/aromatic N) is 1. The topological polar surface area (TPSA) is 114 Å². The van der Waals surface area contributed by atoms with Crippen molar-refractivity contribution in [3.05, 3.63) is 35.8 Å². The molecule has 0 atom stereocenters. The van der Waals surface area contributed by atoms with Gasteiger partial charge in [-0.3, -0.25) is 9.52 Å². The van der Waals surface area contributed by atoms with Crippen LogP contribution in [0.25, 0.3) is 0 Å². The lowest BCUT2D eigenvalue weighted by atomic mass is 9.82.